The fraction of sp³-hybridized carbons (Fsp3) is 0. The fourth-order valence-corrected chi connectivity index (χ4v) is 3.41. The number of hydrogen-bond acceptors (Lipinski definition) is 1. The van der Waals surface area contributed by atoms with Gasteiger partial charge >= 0.3 is 0 Å². The molecule has 1 nitrogen and oxygen atoms in total. The largest absolute Gasteiger partial charge is 0.304 e. The van der Waals surface area contributed by atoms with Gasteiger partial charge in [-0.3, -0.25) is 0 Å². The molecule has 121 valence electrons. The molecule has 0 fully saturated rings. The Bertz CT molecular complexity index is 1210. The quantitative estimate of drug-likeness (QED) is 0.205. The molecule has 1 radical (unpaired) electrons. The molecule has 0 N–H and O–H groups in total. The average Bonchev–Trinajstić information content (AvgIpc) is 2.67. The van der Waals surface area contributed by atoms with Crippen LogP contribution in [0.25, 0.3) is 43.6 Å². The smallest absolute Gasteiger partial charge is 0.0239 e. The van der Waals surface area contributed by atoms with E-state index in [2.05, 4.69) is 78.9 Å². The van der Waals surface area contributed by atoms with Crippen LogP contribution >= 0.6 is 0 Å². The number of benzene rings is 4. The Balaban J connectivity index is 0.00000157. The third-order valence-electron chi connectivity index (χ3n) is 4.61. The van der Waals surface area contributed by atoms with Crippen LogP contribution in [0, 0.1) is 6.07 Å². The van der Waals surface area contributed by atoms with E-state index < -0.39 is 0 Å². The van der Waals surface area contributed by atoms with E-state index in [0.717, 1.165) is 16.6 Å². The number of pyridine rings is 1. The van der Waals surface area contributed by atoms with Gasteiger partial charge in [0.1, 0.15) is 0 Å². The predicted octanol–water partition coefficient (Wildman–Crippen LogP) is 6.01. The number of fused-ring (bicyclic) bond motifs is 4. The zero-order chi connectivity index (χ0) is 15.9. The zero-order valence-corrected chi connectivity index (χ0v) is 15.8. The van der Waals surface area contributed by atoms with Crippen LogP contribution in [0.1, 0.15) is 0 Å². The molecule has 5 rings (SSSR count). The Hall–Kier alpha value is -2.54. The summed E-state index contributed by atoms with van der Waals surface area (Å²) in [5.74, 6) is 0. The van der Waals surface area contributed by atoms with Gasteiger partial charge in [0.25, 0.3) is 0 Å². The molecule has 0 aliphatic carbocycles. The minimum atomic E-state index is 0. The molecule has 4 aromatic carbocycles. The summed E-state index contributed by atoms with van der Waals surface area (Å²) in [5.41, 5.74) is 2.03. The van der Waals surface area contributed by atoms with E-state index in [1.54, 1.807) is 0 Å². The number of rotatable bonds is 1. The summed E-state index contributed by atoms with van der Waals surface area (Å²) in [6.45, 7) is 0. The summed E-state index contributed by atoms with van der Waals surface area (Å²) in [6, 6.07) is 30.8. The maximum absolute atomic E-state index is 4.70. The van der Waals surface area contributed by atoms with E-state index in [-0.39, 0.29) is 20.1 Å². The van der Waals surface area contributed by atoms with Gasteiger partial charge in [-0.25, -0.2) is 0 Å². The minimum Gasteiger partial charge on any atom is -0.304 e. The SMILES string of the molecule is [Ir].[c-]1ccc2ccccc2c1-c1cc2c(ccc3ccccc32)cn1. The second kappa shape index (κ2) is 6.40. The van der Waals surface area contributed by atoms with Crippen molar-refractivity contribution in [3.63, 3.8) is 0 Å². The molecule has 0 saturated carbocycles. The van der Waals surface area contributed by atoms with Crippen LogP contribution in [-0.4, -0.2) is 4.98 Å². The number of aromatic nitrogens is 1. The standard InChI is InChI=1S/C23H14N.Ir/c1-3-9-19-16(6-1)8-5-11-21(19)23-14-22-18(15-24-23)13-12-17-7-2-4-10-20(17)22;/h1-10,12-15H;/q-1;. The van der Waals surface area contributed by atoms with Gasteiger partial charge in [-0.15, -0.1) is 29.1 Å². The molecule has 0 atom stereocenters. The Morgan fingerprint density at radius 1 is 0.640 bits per heavy atom. The van der Waals surface area contributed by atoms with Crippen LogP contribution in [0.4, 0.5) is 0 Å². The Morgan fingerprint density at radius 2 is 1.32 bits per heavy atom. The normalized spacial score (nSPS) is 10.9. The van der Waals surface area contributed by atoms with Crippen molar-refractivity contribution >= 4 is 32.3 Å². The first-order valence-corrected chi connectivity index (χ1v) is 8.07. The van der Waals surface area contributed by atoms with Gasteiger partial charge in [0.05, 0.1) is 0 Å². The maximum Gasteiger partial charge on any atom is 0.0239 e. The van der Waals surface area contributed by atoms with E-state index in [1.807, 2.05) is 12.3 Å². The van der Waals surface area contributed by atoms with E-state index >= 15 is 0 Å². The second-order valence-corrected chi connectivity index (χ2v) is 6.02. The van der Waals surface area contributed by atoms with Gasteiger partial charge in [-0.05, 0) is 27.2 Å². The van der Waals surface area contributed by atoms with Crippen molar-refractivity contribution in [2.45, 2.75) is 0 Å². The van der Waals surface area contributed by atoms with E-state index in [0.29, 0.717) is 0 Å². The molecular weight excluding hydrogens is 482 g/mol. The molecule has 1 heterocycles. The Labute approximate surface area is 159 Å². The van der Waals surface area contributed by atoms with Crippen LogP contribution in [0.15, 0.2) is 85.1 Å². The molecule has 1 aromatic heterocycles. The molecule has 0 amide bonds. The molecule has 0 saturated heterocycles. The maximum atomic E-state index is 4.70. The molecule has 0 unspecified atom stereocenters. The summed E-state index contributed by atoms with van der Waals surface area (Å²) in [4.78, 5) is 4.70. The minimum absolute atomic E-state index is 0. The molecule has 0 aliphatic rings. The van der Waals surface area contributed by atoms with Gasteiger partial charge in [0, 0.05) is 26.3 Å². The van der Waals surface area contributed by atoms with E-state index in [9.17, 15) is 0 Å². The summed E-state index contributed by atoms with van der Waals surface area (Å²) in [6.07, 6.45) is 1.96. The topological polar surface area (TPSA) is 12.9 Å². The van der Waals surface area contributed by atoms with Gasteiger partial charge < -0.3 is 4.98 Å². The first kappa shape index (κ1) is 16.0. The van der Waals surface area contributed by atoms with Crippen molar-refractivity contribution in [3.05, 3.63) is 91.1 Å². The summed E-state index contributed by atoms with van der Waals surface area (Å²) in [7, 11) is 0. The van der Waals surface area contributed by atoms with Gasteiger partial charge in [0.15, 0.2) is 0 Å². The number of nitrogens with zero attached hydrogens (tertiary/aromatic N) is 1. The molecule has 0 aliphatic heterocycles. The van der Waals surface area contributed by atoms with Crippen molar-refractivity contribution in [2.75, 3.05) is 0 Å². The van der Waals surface area contributed by atoms with Crippen LogP contribution in [0.2, 0.25) is 0 Å². The summed E-state index contributed by atoms with van der Waals surface area (Å²) >= 11 is 0. The molecule has 2 heteroatoms. The summed E-state index contributed by atoms with van der Waals surface area (Å²) < 4.78 is 0. The van der Waals surface area contributed by atoms with Crippen LogP contribution in [0.5, 0.6) is 0 Å². The van der Waals surface area contributed by atoms with Crippen molar-refractivity contribution in [1.82, 2.24) is 4.98 Å². The van der Waals surface area contributed by atoms with Crippen LogP contribution in [0.3, 0.4) is 0 Å². The Morgan fingerprint density at radius 3 is 2.16 bits per heavy atom. The second-order valence-electron chi connectivity index (χ2n) is 6.02. The first-order chi connectivity index (χ1) is 11.9. The monoisotopic (exact) mass is 497 g/mol. The van der Waals surface area contributed by atoms with Gasteiger partial charge in [-0.1, -0.05) is 72.1 Å². The molecular formula is C23H14IrN-. The summed E-state index contributed by atoms with van der Waals surface area (Å²) in [5, 5.41) is 7.32. The Kier molecular flexibility index (Phi) is 4.09. The third-order valence-corrected chi connectivity index (χ3v) is 4.61. The van der Waals surface area contributed by atoms with Gasteiger partial charge in [-0.2, -0.15) is 0 Å². The molecule has 25 heavy (non-hydrogen) atoms. The molecule has 5 aromatic rings. The van der Waals surface area contributed by atoms with E-state index in [4.69, 9.17) is 4.98 Å². The fourth-order valence-electron chi connectivity index (χ4n) is 3.41. The van der Waals surface area contributed by atoms with Crippen LogP contribution < -0.4 is 0 Å². The zero-order valence-electron chi connectivity index (χ0n) is 13.4. The first-order valence-electron chi connectivity index (χ1n) is 8.07. The van der Waals surface area contributed by atoms with Crippen molar-refractivity contribution in [2.24, 2.45) is 0 Å². The average molecular weight is 497 g/mol. The van der Waals surface area contributed by atoms with Crippen molar-refractivity contribution < 1.29 is 20.1 Å². The third kappa shape index (κ3) is 2.64. The van der Waals surface area contributed by atoms with Crippen molar-refractivity contribution in [3.8, 4) is 11.3 Å². The van der Waals surface area contributed by atoms with E-state index in [1.165, 1.54) is 26.9 Å². The molecule has 0 bridgehead atoms. The van der Waals surface area contributed by atoms with Gasteiger partial charge in [0.2, 0.25) is 0 Å². The number of hydrogen-bond donors (Lipinski definition) is 0. The van der Waals surface area contributed by atoms with Crippen LogP contribution in [-0.2, 0) is 20.1 Å². The molecule has 0 spiro atoms. The van der Waals surface area contributed by atoms with Crippen molar-refractivity contribution in [1.29, 1.82) is 0 Å². The predicted molar refractivity (Wildman–Crippen MR) is 101 cm³/mol.